The molecule has 19 heavy (non-hydrogen) atoms. The first kappa shape index (κ1) is 13.0. The predicted octanol–water partition coefficient (Wildman–Crippen LogP) is 1.50. The molecule has 0 aliphatic carbocycles. The molecule has 0 saturated heterocycles. The molecule has 1 N–H and O–H groups in total. The minimum absolute atomic E-state index is 0.234. The van der Waals surface area contributed by atoms with Crippen molar-refractivity contribution in [2.24, 2.45) is 0 Å². The summed E-state index contributed by atoms with van der Waals surface area (Å²) in [5, 5.41) is 11.6. The maximum atomic E-state index is 11.3. The van der Waals surface area contributed by atoms with Crippen molar-refractivity contribution < 1.29 is 8.42 Å². The molecular formula is C12H10N4O2S. The fourth-order valence-electron chi connectivity index (χ4n) is 1.38. The van der Waals surface area contributed by atoms with Crippen molar-refractivity contribution in [1.29, 1.82) is 5.26 Å². The van der Waals surface area contributed by atoms with Crippen molar-refractivity contribution in [1.82, 2.24) is 9.97 Å². The van der Waals surface area contributed by atoms with Crippen molar-refractivity contribution in [3.05, 3.63) is 42.4 Å². The van der Waals surface area contributed by atoms with E-state index in [-0.39, 0.29) is 10.6 Å². The summed E-state index contributed by atoms with van der Waals surface area (Å²) < 4.78 is 22.6. The van der Waals surface area contributed by atoms with Gasteiger partial charge in [0.25, 0.3) is 0 Å². The van der Waals surface area contributed by atoms with E-state index in [1.807, 2.05) is 6.07 Å². The van der Waals surface area contributed by atoms with Gasteiger partial charge in [-0.15, -0.1) is 0 Å². The molecule has 7 heteroatoms. The predicted molar refractivity (Wildman–Crippen MR) is 69.6 cm³/mol. The molecule has 2 aromatic rings. The third-order valence-electron chi connectivity index (χ3n) is 2.32. The zero-order valence-electron chi connectivity index (χ0n) is 10.0. The standard InChI is InChI=1S/C12H10N4O2S/c1-19(17,18)11-4-2-9(3-5-11)16-12-8-14-10(6-13)7-15-12/h2-5,7-8H,1H3,(H,15,16). The molecule has 0 unspecified atom stereocenters. The Bertz CT molecular complexity index is 716. The van der Waals surface area contributed by atoms with Gasteiger partial charge >= 0.3 is 0 Å². The molecule has 0 bridgehead atoms. The minimum atomic E-state index is -3.19. The van der Waals surface area contributed by atoms with Gasteiger partial charge in [-0.05, 0) is 24.3 Å². The topological polar surface area (TPSA) is 95.7 Å². The van der Waals surface area contributed by atoms with E-state index in [1.54, 1.807) is 12.1 Å². The summed E-state index contributed by atoms with van der Waals surface area (Å²) in [7, 11) is -3.19. The SMILES string of the molecule is CS(=O)(=O)c1ccc(Nc2cnc(C#N)cn2)cc1. The van der Waals surface area contributed by atoms with Gasteiger partial charge in [0.1, 0.15) is 11.9 Å². The molecular weight excluding hydrogens is 264 g/mol. The fraction of sp³-hybridized carbons (Fsp3) is 0.0833. The number of nitrogens with zero attached hydrogens (tertiary/aromatic N) is 3. The molecule has 2 rings (SSSR count). The van der Waals surface area contributed by atoms with Crippen LogP contribution in [0, 0.1) is 11.3 Å². The molecule has 1 heterocycles. The molecule has 0 radical (unpaired) electrons. The van der Waals surface area contributed by atoms with E-state index in [2.05, 4.69) is 15.3 Å². The molecule has 0 saturated carbocycles. The first-order valence-corrected chi connectivity index (χ1v) is 7.17. The highest BCUT2D eigenvalue weighted by atomic mass is 32.2. The number of nitriles is 1. The lowest BCUT2D eigenvalue weighted by atomic mass is 10.3. The van der Waals surface area contributed by atoms with Crippen LogP contribution in [0.1, 0.15) is 5.69 Å². The molecule has 1 aromatic carbocycles. The van der Waals surface area contributed by atoms with Crippen molar-refractivity contribution in [3.63, 3.8) is 0 Å². The molecule has 1 aromatic heterocycles. The van der Waals surface area contributed by atoms with Gasteiger partial charge in [0.15, 0.2) is 15.5 Å². The Kier molecular flexibility index (Phi) is 3.44. The fourth-order valence-corrected chi connectivity index (χ4v) is 2.01. The maximum Gasteiger partial charge on any atom is 0.175 e. The lowest BCUT2D eigenvalue weighted by molar-refractivity contribution is 0.602. The second kappa shape index (κ2) is 5.04. The van der Waals surface area contributed by atoms with E-state index in [9.17, 15) is 8.42 Å². The number of anilines is 2. The highest BCUT2D eigenvalue weighted by Gasteiger charge is 2.06. The molecule has 6 nitrogen and oxygen atoms in total. The average Bonchev–Trinajstić information content (AvgIpc) is 2.39. The number of nitrogens with one attached hydrogen (secondary N) is 1. The summed E-state index contributed by atoms with van der Waals surface area (Å²) in [6, 6.07) is 8.16. The number of hydrogen-bond acceptors (Lipinski definition) is 6. The number of aromatic nitrogens is 2. The Hall–Kier alpha value is -2.46. The second-order valence-corrected chi connectivity index (χ2v) is 5.84. The van der Waals surface area contributed by atoms with Gasteiger partial charge in [-0.1, -0.05) is 0 Å². The zero-order chi connectivity index (χ0) is 13.9. The normalized spacial score (nSPS) is 10.7. The van der Waals surface area contributed by atoms with Crippen LogP contribution in [-0.4, -0.2) is 24.6 Å². The number of benzene rings is 1. The van der Waals surface area contributed by atoms with Gasteiger partial charge in [-0.2, -0.15) is 5.26 Å². The van der Waals surface area contributed by atoms with Crippen LogP contribution in [0.15, 0.2) is 41.6 Å². The zero-order valence-corrected chi connectivity index (χ0v) is 10.8. The van der Waals surface area contributed by atoms with E-state index in [0.717, 1.165) is 6.26 Å². The average molecular weight is 274 g/mol. The van der Waals surface area contributed by atoms with Crippen molar-refractivity contribution in [3.8, 4) is 6.07 Å². The molecule has 0 atom stereocenters. The van der Waals surface area contributed by atoms with Gasteiger partial charge in [-0.25, -0.2) is 18.4 Å². The molecule has 0 amide bonds. The molecule has 0 spiro atoms. The Labute approximate surface area is 110 Å². The van der Waals surface area contributed by atoms with Crippen LogP contribution in [0.3, 0.4) is 0 Å². The van der Waals surface area contributed by atoms with Gasteiger partial charge in [0.2, 0.25) is 0 Å². The Balaban J connectivity index is 2.17. The van der Waals surface area contributed by atoms with Crippen molar-refractivity contribution in [2.45, 2.75) is 4.90 Å². The lowest BCUT2D eigenvalue weighted by Gasteiger charge is -2.05. The summed E-state index contributed by atoms with van der Waals surface area (Å²) in [6.45, 7) is 0. The van der Waals surface area contributed by atoms with Crippen LogP contribution in [-0.2, 0) is 9.84 Å². The molecule has 0 fully saturated rings. The third-order valence-corrected chi connectivity index (χ3v) is 3.45. The Morgan fingerprint density at radius 3 is 2.32 bits per heavy atom. The Morgan fingerprint density at radius 2 is 1.84 bits per heavy atom. The highest BCUT2D eigenvalue weighted by molar-refractivity contribution is 7.90. The summed E-state index contributed by atoms with van der Waals surface area (Å²) in [4.78, 5) is 8.12. The highest BCUT2D eigenvalue weighted by Crippen LogP contribution is 2.17. The molecule has 0 aliphatic rings. The monoisotopic (exact) mass is 274 g/mol. The summed E-state index contributed by atoms with van der Waals surface area (Å²) in [6.07, 6.45) is 3.94. The second-order valence-electron chi connectivity index (χ2n) is 3.82. The van der Waals surface area contributed by atoms with Crippen LogP contribution >= 0.6 is 0 Å². The smallest absolute Gasteiger partial charge is 0.175 e. The molecule has 96 valence electrons. The summed E-state index contributed by atoms with van der Waals surface area (Å²) >= 11 is 0. The Morgan fingerprint density at radius 1 is 1.16 bits per heavy atom. The van der Waals surface area contributed by atoms with E-state index < -0.39 is 9.84 Å². The number of hydrogen-bond donors (Lipinski definition) is 1. The van der Waals surface area contributed by atoms with E-state index in [4.69, 9.17) is 5.26 Å². The lowest BCUT2D eigenvalue weighted by Crippen LogP contribution is -1.98. The third kappa shape index (κ3) is 3.26. The van der Waals surface area contributed by atoms with E-state index in [1.165, 1.54) is 24.5 Å². The van der Waals surface area contributed by atoms with Crippen molar-refractivity contribution >= 4 is 21.3 Å². The minimum Gasteiger partial charge on any atom is -0.339 e. The van der Waals surface area contributed by atoms with Crippen LogP contribution in [0.4, 0.5) is 11.5 Å². The van der Waals surface area contributed by atoms with E-state index >= 15 is 0 Å². The van der Waals surface area contributed by atoms with E-state index in [0.29, 0.717) is 11.5 Å². The van der Waals surface area contributed by atoms with Gasteiger partial charge in [0, 0.05) is 11.9 Å². The largest absolute Gasteiger partial charge is 0.339 e. The van der Waals surface area contributed by atoms with Gasteiger partial charge in [-0.3, -0.25) is 0 Å². The van der Waals surface area contributed by atoms with Gasteiger partial charge < -0.3 is 5.32 Å². The van der Waals surface area contributed by atoms with Crippen LogP contribution in [0.5, 0.6) is 0 Å². The van der Waals surface area contributed by atoms with Crippen LogP contribution < -0.4 is 5.32 Å². The quantitative estimate of drug-likeness (QED) is 0.911. The van der Waals surface area contributed by atoms with Crippen molar-refractivity contribution in [2.75, 3.05) is 11.6 Å². The first-order chi connectivity index (χ1) is 8.99. The number of rotatable bonds is 3. The molecule has 0 aliphatic heterocycles. The van der Waals surface area contributed by atoms with Gasteiger partial charge in [0.05, 0.1) is 17.3 Å². The van der Waals surface area contributed by atoms with Crippen LogP contribution in [0.2, 0.25) is 0 Å². The summed E-state index contributed by atoms with van der Waals surface area (Å²) in [5.41, 5.74) is 0.921. The maximum absolute atomic E-state index is 11.3. The summed E-state index contributed by atoms with van der Waals surface area (Å²) in [5.74, 6) is 0.478. The first-order valence-electron chi connectivity index (χ1n) is 5.28. The van der Waals surface area contributed by atoms with Crippen LogP contribution in [0.25, 0.3) is 0 Å². The number of sulfone groups is 1.